The summed E-state index contributed by atoms with van der Waals surface area (Å²) in [7, 11) is 0. The number of pyridine rings is 1. The minimum absolute atomic E-state index is 0.0412. The zero-order chi connectivity index (χ0) is 14.8. The van der Waals surface area contributed by atoms with E-state index in [-0.39, 0.29) is 16.7 Å². The molecule has 1 aromatic carbocycles. The molecule has 1 heterocycles. The van der Waals surface area contributed by atoms with Crippen molar-refractivity contribution in [1.29, 1.82) is 0 Å². The van der Waals surface area contributed by atoms with Gasteiger partial charge in [0, 0.05) is 17.8 Å². The van der Waals surface area contributed by atoms with E-state index in [1.165, 1.54) is 17.2 Å². The van der Waals surface area contributed by atoms with Crippen LogP contribution in [0.4, 0.5) is 11.5 Å². The molecule has 5 nitrogen and oxygen atoms in total. The molecule has 3 rings (SSSR count). The smallest absolute Gasteiger partial charge is 0.311 e. The Bertz CT molecular complexity index is 685. The third-order valence-corrected chi connectivity index (χ3v) is 3.90. The maximum absolute atomic E-state index is 11.1. The Morgan fingerprint density at radius 2 is 2.00 bits per heavy atom. The van der Waals surface area contributed by atoms with Gasteiger partial charge in [-0.25, -0.2) is 4.98 Å². The third kappa shape index (κ3) is 2.86. The van der Waals surface area contributed by atoms with Crippen molar-refractivity contribution in [3.63, 3.8) is 0 Å². The highest BCUT2D eigenvalue weighted by Gasteiger charge is 2.22. The second-order valence-corrected chi connectivity index (χ2v) is 5.43. The van der Waals surface area contributed by atoms with E-state index in [1.54, 1.807) is 6.07 Å². The predicted molar refractivity (Wildman–Crippen MR) is 81.5 cm³/mol. The number of anilines is 1. The molecule has 0 saturated carbocycles. The number of aromatic nitrogens is 1. The van der Waals surface area contributed by atoms with Gasteiger partial charge in [0.1, 0.15) is 0 Å². The van der Waals surface area contributed by atoms with E-state index >= 15 is 0 Å². The first-order chi connectivity index (χ1) is 10.1. The number of hydrogen-bond acceptors (Lipinski definition) is 4. The molecule has 2 aromatic rings. The van der Waals surface area contributed by atoms with Gasteiger partial charge in [-0.2, -0.15) is 0 Å². The lowest BCUT2D eigenvalue weighted by atomic mass is 9.88. The first-order valence-corrected chi connectivity index (χ1v) is 7.09. The lowest BCUT2D eigenvalue weighted by molar-refractivity contribution is -0.384. The van der Waals surface area contributed by atoms with Crippen LogP contribution < -0.4 is 5.32 Å². The maximum Gasteiger partial charge on any atom is 0.311 e. The van der Waals surface area contributed by atoms with Crippen molar-refractivity contribution in [3.8, 4) is 0 Å². The van der Waals surface area contributed by atoms with Gasteiger partial charge in [0.25, 0.3) is 0 Å². The lowest BCUT2D eigenvalue weighted by Crippen LogP contribution is -2.28. The molecule has 1 aliphatic rings. The number of fused-ring (bicyclic) bond motifs is 1. The highest BCUT2D eigenvalue weighted by molar-refractivity contribution is 5.57. The number of rotatable bonds is 3. The van der Waals surface area contributed by atoms with E-state index in [0.29, 0.717) is 5.82 Å². The number of benzene rings is 1. The fourth-order valence-corrected chi connectivity index (χ4v) is 2.82. The third-order valence-electron chi connectivity index (χ3n) is 3.90. The molecule has 0 aliphatic heterocycles. The zero-order valence-corrected chi connectivity index (χ0v) is 11.9. The molecular weight excluding hydrogens is 266 g/mol. The molecule has 1 aromatic heterocycles. The highest BCUT2D eigenvalue weighted by atomic mass is 16.6. The first kappa shape index (κ1) is 13.5. The molecule has 1 unspecified atom stereocenters. The molecule has 21 heavy (non-hydrogen) atoms. The average Bonchev–Trinajstić information content (AvgIpc) is 2.47. The summed E-state index contributed by atoms with van der Waals surface area (Å²) in [6, 6.07) is 11.7. The maximum atomic E-state index is 11.1. The van der Waals surface area contributed by atoms with E-state index < -0.39 is 0 Å². The predicted octanol–water partition coefficient (Wildman–Crippen LogP) is 3.27. The molecule has 1 N–H and O–H groups in total. The quantitative estimate of drug-likeness (QED) is 0.693. The summed E-state index contributed by atoms with van der Waals surface area (Å²) in [5, 5.41) is 14.4. The molecule has 0 saturated heterocycles. The number of nitro groups is 1. The highest BCUT2D eigenvalue weighted by Crippen LogP contribution is 2.27. The second kappa shape index (κ2) is 5.52. The van der Waals surface area contributed by atoms with Crippen molar-refractivity contribution >= 4 is 11.5 Å². The van der Waals surface area contributed by atoms with Crippen molar-refractivity contribution in [2.24, 2.45) is 0 Å². The lowest BCUT2D eigenvalue weighted by Gasteiger charge is -2.25. The summed E-state index contributed by atoms with van der Waals surface area (Å²) < 4.78 is 0. The molecule has 5 heteroatoms. The molecule has 1 aliphatic carbocycles. The monoisotopic (exact) mass is 283 g/mol. The number of hydrogen-bond donors (Lipinski definition) is 1. The van der Waals surface area contributed by atoms with Gasteiger partial charge in [0.05, 0.1) is 4.92 Å². The van der Waals surface area contributed by atoms with Crippen LogP contribution in [-0.2, 0) is 12.8 Å². The second-order valence-electron chi connectivity index (χ2n) is 5.43. The molecular formula is C16H17N3O2. The molecule has 1 atom stereocenters. The summed E-state index contributed by atoms with van der Waals surface area (Å²) in [6.07, 6.45) is 2.83. The fraction of sp³-hybridized carbons (Fsp3) is 0.312. The van der Waals surface area contributed by atoms with Gasteiger partial charge in [-0.1, -0.05) is 24.3 Å². The molecule has 108 valence electrons. The molecule has 0 fully saturated rings. The van der Waals surface area contributed by atoms with Crippen molar-refractivity contribution in [3.05, 3.63) is 63.3 Å². The molecule has 0 spiro atoms. The standard InChI is InChI=1S/C16H17N3O2/c1-11-6-9-15(19(20)21)16(17-11)18-14-8-7-12-4-2-3-5-13(12)10-14/h2-6,9,14H,7-8,10H2,1H3,(H,17,18). The summed E-state index contributed by atoms with van der Waals surface area (Å²) >= 11 is 0. The summed E-state index contributed by atoms with van der Waals surface area (Å²) in [5.74, 6) is 0.379. The first-order valence-electron chi connectivity index (χ1n) is 7.09. The van der Waals surface area contributed by atoms with Crippen LogP contribution >= 0.6 is 0 Å². The Kier molecular flexibility index (Phi) is 3.56. The van der Waals surface area contributed by atoms with Crippen LogP contribution in [0.1, 0.15) is 23.2 Å². The van der Waals surface area contributed by atoms with E-state index in [9.17, 15) is 10.1 Å². The Morgan fingerprint density at radius 1 is 1.24 bits per heavy atom. The van der Waals surface area contributed by atoms with Gasteiger partial charge in [0.15, 0.2) is 0 Å². The van der Waals surface area contributed by atoms with Crippen LogP contribution in [0.2, 0.25) is 0 Å². The van der Waals surface area contributed by atoms with Gasteiger partial charge < -0.3 is 5.32 Å². The van der Waals surface area contributed by atoms with Gasteiger partial charge in [-0.3, -0.25) is 10.1 Å². The van der Waals surface area contributed by atoms with Crippen molar-refractivity contribution < 1.29 is 4.92 Å². The Balaban J connectivity index is 1.82. The largest absolute Gasteiger partial charge is 0.361 e. The summed E-state index contributed by atoms with van der Waals surface area (Å²) in [4.78, 5) is 15.0. The van der Waals surface area contributed by atoms with Crippen LogP contribution in [0.3, 0.4) is 0 Å². The SMILES string of the molecule is Cc1ccc([N+](=O)[O-])c(NC2CCc3ccccc3C2)n1. The van der Waals surface area contributed by atoms with E-state index in [4.69, 9.17) is 0 Å². The summed E-state index contributed by atoms with van der Waals surface area (Å²) in [5.41, 5.74) is 3.51. The van der Waals surface area contributed by atoms with Crippen molar-refractivity contribution in [2.45, 2.75) is 32.2 Å². The average molecular weight is 283 g/mol. The van der Waals surface area contributed by atoms with Crippen LogP contribution in [0.25, 0.3) is 0 Å². The minimum Gasteiger partial charge on any atom is -0.361 e. The van der Waals surface area contributed by atoms with Crippen LogP contribution in [0.5, 0.6) is 0 Å². The number of nitrogens with one attached hydrogen (secondary N) is 1. The van der Waals surface area contributed by atoms with Gasteiger partial charge in [-0.05, 0) is 43.4 Å². The van der Waals surface area contributed by atoms with Crippen LogP contribution in [0.15, 0.2) is 36.4 Å². The minimum atomic E-state index is -0.383. The van der Waals surface area contributed by atoms with Crippen molar-refractivity contribution in [2.75, 3.05) is 5.32 Å². The van der Waals surface area contributed by atoms with E-state index in [0.717, 1.165) is 25.0 Å². The van der Waals surface area contributed by atoms with Gasteiger partial charge >= 0.3 is 5.69 Å². The molecule has 0 radical (unpaired) electrons. The Hall–Kier alpha value is -2.43. The normalized spacial score (nSPS) is 17.1. The zero-order valence-electron chi connectivity index (χ0n) is 11.9. The number of aryl methyl sites for hydroxylation is 2. The van der Waals surface area contributed by atoms with Gasteiger partial charge in [-0.15, -0.1) is 0 Å². The Labute approximate surface area is 123 Å². The topological polar surface area (TPSA) is 68.1 Å². The number of nitrogens with zero attached hydrogens (tertiary/aromatic N) is 2. The molecule has 0 amide bonds. The molecule has 0 bridgehead atoms. The fourth-order valence-electron chi connectivity index (χ4n) is 2.82. The van der Waals surface area contributed by atoms with Crippen LogP contribution in [0, 0.1) is 17.0 Å². The Morgan fingerprint density at radius 3 is 2.76 bits per heavy atom. The van der Waals surface area contributed by atoms with E-state index in [2.05, 4.69) is 28.5 Å². The summed E-state index contributed by atoms with van der Waals surface area (Å²) in [6.45, 7) is 1.84. The van der Waals surface area contributed by atoms with Gasteiger partial charge in [0.2, 0.25) is 5.82 Å². The van der Waals surface area contributed by atoms with Crippen LogP contribution in [-0.4, -0.2) is 15.9 Å². The van der Waals surface area contributed by atoms with E-state index in [1.807, 2.05) is 13.0 Å². The van der Waals surface area contributed by atoms with Crippen molar-refractivity contribution in [1.82, 2.24) is 4.98 Å².